The third-order valence-electron chi connectivity index (χ3n) is 2.79. The Labute approximate surface area is 98.9 Å². The highest BCUT2D eigenvalue weighted by atomic mass is 16.4. The van der Waals surface area contributed by atoms with E-state index in [9.17, 15) is 14.4 Å². The maximum atomic E-state index is 11.6. The fourth-order valence-corrected chi connectivity index (χ4v) is 1.44. The molecule has 0 aliphatic carbocycles. The second kappa shape index (κ2) is 6.19. The van der Waals surface area contributed by atoms with Crippen molar-refractivity contribution in [2.75, 3.05) is 26.2 Å². The van der Waals surface area contributed by atoms with Gasteiger partial charge in [0.15, 0.2) is 0 Å². The second-order valence-electron chi connectivity index (χ2n) is 4.10. The Hall–Kier alpha value is -1.63. The molecule has 1 fully saturated rings. The van der Waals surface area contributed by atoms with E-state index >= 15 is 0 Å². The van der Waals surface area contributed by atoms with Crippen LogP contribution in [0.4, 0.5) is 0 Å². The average Bonchev–Trinajstić information content (AvgIpc) is 2.20. The first-order valence-corrected chi connectivity index (χ1v) is 5.47. The fraction of sp³-hybridized carbons (Fsp3) is 0.700. The van der Waals surface area contributed by atoms with Gasteiger partial charge < -0.3 is 21.1 Å². The van der Waals surface area contributed by atoms with Crippen molar-refractivity contribution in [2.24, 2.45) is 11.8 Å². The Morgan fingerprint density at radius 2 is 1.94 bits per heavy atom. The third kappa shape index (κ3) is 4.39. The number of carbonyl (C=O) groups excluding carboxylic acids is 2. The van der Waals surface area contributed by atoms with Crippen LogP contribution in [0.1, 0.15) is 6.92 Å². The van der Waals surface area contributed by atoms with Crippen molar-refractivity contribution in [1.29, 1.82) is 0 Å². The summed E-state index contributed by atoms with van der Waals surface area (Å²) in [6.45, 7) is 2.84. The highest BCUT2D eigenvalue weighted by molar-refractivity contribution is 5.87. The third-order valence-corrected chi connectivity index (χ3v) is 2.79. The van der Waals surface area contributed by atoms with Gasteiger partial charge in [0, 0.05) is 5.92 Å². The number of hydrogen-bond acceptors (Lipinski definition) is 4. The van der Waals surface area contributed by atoms with Crippen molar-refractivity contribution in [3.8, 4) is 0 Å². The van der Waals surface area contributed by atoms with E-state index < -0.39 is 18.4 Å². The number of aliphatic carboxylic acids is 1. The standard InChI is InChI=1S/C10H17N3O4/c1-6(7-2-11-3-7)10(17)13-4-8(14)12-5-9(15)16/h6-7,11H,2-5H2,1H3,(H,12,14)(H,13,17)(H,15,16). The van der Waals surface area contributed by atoms with Gasteiger partial charge in [0.05, 0.1) is 6.54 Å². The van der Waals surface area contributed by atoms with Crippen molar-refractivity contribution in [3.63, 3.8) is 0 Å². The SMILES string of the molecule is CC(C(=O)NCC(=O)NCC(=O)O)C1CNC1. The molecule has 0 radical (unpaired) electrons. The van der Waals surface area contributed by atoms with E-state index in [1.807, 2.05) is 6.92 Å². The summed E-state index contributed by atoms with van der Waals surface area (Å²) in [6.07, 6.45) is 0. The smallest absolute Gasteiger partial charge is 0.322 e. The van der Waals surface area contributed by atoms with E-state index in [0.29, 0.717) is 5.92 Å². The topological polar surface area (TPSA) is 108 Å². The van der Waals surface area contributed by atoms with Crippen LogP contribution in [0, 0.1) is 11.8 Å². The van der Waals surface area contributed by atoms with Gasteiger partial charge in [0.2, 0.25) is 11.8 Å². The van der Waals surface area contributed by atoms with E-state index in [0.717, 1.165) is 13.1 Å². The summed E-state index contributed by atoms with van der Waals surface area (Å²) in [5.41, 5.74) is 0. The maximum Gasteiger partial charge on any atom is 0.322 e. The second-order valence-corrected chi connectivity index (χ2v) is 4.10. The first kappa shape index (κ1) is 13.4. The van der Waals surface area contributed by atoms with Crippen molar-refractivity contribution in [2.45, 2.75) is 6.92 Å². The minimum absolute atomic E-state index is 0.136. The molecule has 4 N–H and O–H groups in total. The van der Waals surface area contributed by atoms with Crippen LogP contribution in [-0.4, -0.2) is 49.1 Å². The van der Waals surface area contributed by atoms with E-state index in [1.54, 1.807) is 0 Å². The zero-order chi connectivity index (χ0) is 12.8. The molecule has 7 nitrogen and oxygen atoms in total. The number of nitrogens with one attached hydrogen (secondary N) is 3. The van der Waals surface area contributed by atoms with Crippen LogP contribution in [0.15, 0.2) is 0 Å². The number of rotatable bonds is 6. The first-order chi connectivity index (χ1) is 8.00. The zero-order valence-electron chi connectivity index (χ0n) is 9.66. The molecule has 0 saturated carbocycles. The molecule has 0 aromatic rings. The molecule has 1 atom stereocenters. The molecule has 1 aliphatic heterocycles. The van der Waals surface area contributed by atoms with E-state index in [1.165, 1.54) is 0 Å². The molecule has 1 aliphatic rings. The highest BCUT2D eigenvalue weighted by Crippen LogP contribution is 2.15. The molecular formula is C10H17N3O4. The molecule has 2 amide bonds. The van der Waals surface area contributed by atoms with Gasteiger partial charge >= 0.3 is 5.97 Å². The number of carboxylic acid groups (broad SMARTS) is 1. The summed E-state index contributed by atoms with van der Waals surface area (Å²) >= 11 is 0. The monoisotopic (exact) mass is 243 g/mol. The lowest BCUT2D eigenvalue weighted by molar-refractivity contribution is -0.137. The lowest BCUT2D eigenvalue weighted by Gasteiger charge is -2.31. The molecule has 1 saturated heterocycles. The number of carbonyl (C=O) groups is 3. The van der Waals surface area contributed by atoms with Crippen molar-refractivity contribution >= 4 is 17.8 Å². The van der Waals surface area contributed by atoms with E-state index in [2.05, 4.69) is 16.0 Å². The lowest BCUT2D eigenvalue weighted by atomic mass is 9.88. The Bertz CT molecular complexity index is 315. The van der Waals surface area contributed by atoms with Crippen molar-refractivity contribution in [1.82, 2.24) is 16.0 Å². The van der Waals surface area contributed by atoms with Crippen LogP contribution in [-0.2, 0) is 14.4 Å². The summed E-state index contributed by atoms with van der Waals surface area (Å²) in [6, 6.07) is 0. The summed E-state index contributed by atoms with van der Waals surface area (Å²) in [5, 5.41) is 16.1. The van der Waals surface area contributed by atoms with Crippen LogP contribution in [0.3, 0.4) is 0 Å². The Morgan fingerprint density at radius 3 is 2.41 bits per heavy atom. The van der Waals surface area contributed by atoms with Crippen LogP contribution in [0.5, 0.6) is 0 Å². The van der Waals surface area contributed by atoms with Gasteiger partial charge in [-0.25, -0.2) is 0 Å². The molecule has 0 aromatic heterocycles. The van der Waals surface area contributed by atoms with Gasteiger partial charge in [0.25, 0.3) is 0 Å². The van der Waals surface area contributed by atoms with E-state index in [-0.39, 0.29) is 18.4 Å². The molecule has 1 rings (SSSR count). The number of carboxylic acids is 1. The van der Waals surface area contributed by atoms with Crippen LogP contribution < -0.4 is 16.0 Å². The van der Waals surface area contributed by atoms with Gasteiger partial charge in [-0.05, 0) is 19.0 Å². The minimum atomic E-state index is -1.11. The lowest BCUT2D eigenvalue weighted by Crippen LogP contribution is -2.50. The number of amides is 2. The van der Waals surface area contributed by atoms with Gasteiger partial charge in [-0.15, -0.1) is 0 Å². The molecule has 0 spiro atoms. The molecular weight excluding hydrogens is 226 g/mol. The maximum absolute atomic E-state index is 11.6. The van der Waals surface area contributed by atoms with Gasteiger partial charge in [-0.3, -0.25) is 14.4 Å². The molecule has 1 unspecified atom stereocenters. The van der Waals surface area contributed by atoms with Crippen molar-refractivity contribution in [3.05, 3.63) is 0 Å². The van der Waals surface area contributed by atoms with Crippen LogP contribution >= 0.6 is 0 Å². The van der Waals surface area contributed by atoms with Gasteiger partial charge in [-0.1, -0.05) is 6.92 Å². The molecule has 96 valence electrons. The Balaban J connectivity index is 2.18. The van der Waals surface area contributed by atoms with E-state index in [4.69, 9.17) is 5.11 Å². The van der Waals surface area contributed by atoms with Crippen molar-refractivity contribution < 1.29 is 19.5 Å². The van der Waals surface area contributed by atoms with Gasteiger partial charge in [0.1, 0.15) is 6.54 Å². The minimum Gasteiger partial charge on any atom is -0.480 e. The first-order valence-electron chi connectivity index (χ1n) is 5.47. The van der Waals surface area contributed by atoms with Crippen LogP contribution in [0.2, 0.25) is 0 Å². The highest BCUT2D eigenvalue weighted by Gasteiger charge is 2.28. The molecule has 0 bridgehead atoms. The summed E-state index contributed by atoms with van der Waals surface area (Å²) < 4.78 is 0. The summed E-state index contributed by atoms with van der Waals surface area (Å²) in [5.74, 6) is -1.61. The predicted octanol–water partition coefficient (Wildman–Crippen LogP) is -1.84. The number of hydrogen-bond donors (Lipinski definition) is 4. The zero-order valence-corrected chi connectivity index (χ0v) is 9.66. The fourth-order valence-electron chi connectivity index (χ4n) is 1.44. The molecule has 7 heteroatoms. The molecule has 1 heterocycles. The largest absolute Gasteiger partial charge is 0.480 e. The van der Waals surface area contributed by atoms with Crippen LogP contribution in [0.25, 0.3) is 0 Å². The molecule has 0 aromatic carbocycles. The molecule has 17 heavy (non-hydrogen) atoms. The quantitative estimate of drug-likeness (QED) is 0.438. The summed E-state index contributed by atoms with van der Waals surface area (Å²) in [7, 11) is 0. The normalized spacial score (nSPS) is 16.8. The Kier molecular flexibility index (Phi) is 4.89. The average molecular weight is 243 g/mol. The summed E-state index contributed by atoms with van der Waals surface area (Å²) in [4.78, 5) is 32.9. The van der Waals surface area contributed by atoms with Gasteiger partial charge in [-0.2, -0.15) is 0 Å². The Morgan fingerprint density at radius 1 is 1.29 bits per heavy atom. The predicted molar refractivity (Wildman–Crippen MR) is 59.2 cm³/mol.